The van der Waals surface area contributed by atoms with Crippen molar-refractivity contribution in [3.05, 3.63) is 48.4 Å². The van der Waals surface area contributed by atoms with Crippen molar-refractivity contribution in [2.45, 2.75) is 18.6 Å². The van der Waals surface area contributed by atoms with Crippen LogP contribution in [0.5, 0.6) is 11.5 Å². The highest BCUT2D eigenvalue weighted by molar-refractivity contribution is 6.06. The van der Waals surface area contributed by atoms with Crippen molar-refractivity contribution in [2.75, 3.05) is 20.3 Å². The first-order valence-corrected chi connectivity index (χ1v) is 8.07. The van der Waals surface area contributed by atoms with Gasteiger partial charge in [-0.2, -0.15) is 0 Å². The van der Waals surface area contributed by atoms with Gasteiger partial charge >= 0.3 is 6.03 Å². The summed E-state index contributed by atoms with van der Waals surface area (Å²) >= 11 is 0. The molecule has 1 fully saturated rings. The fourth-order valence-corrected chi connectivity index (χ4v) is 2.72. The number of nitrogens with one attached hydrogen (secondary N) is 1. The molecule has 1 saturated heterocycles. The summed E-state index contributed by atoms with van der Waals surface area (Å²) in [6.07, 6.45) is 0.394. The highest BCUT2D eigenvalue weighted by atomic mass is 16.5. The van der Waals surface area contributed by atoms with Crippen molar-refractivity contribution in [1.29, 1.82) is 0 Å². The molecule has 0 bridgehead atoms. The molecule has 1 aliphatic heterocycles. The first-order chi connectivity index (χ1) is 12.4. The summed E-state index contributed by atoms with van der Waals surface area (Å²) in [5.41, 5.74) is -1.28. The van der Waals surface area contributed by atoms with E-state index in [9.17, 15) is 14.7 Å². The van der Waals surface area contributed by atoms with Crippen LogP contribution in [0.25, 0.3) is 0 Å². The van der Waals surface area contributed by atoms with Gasteiger partial charge in [0.2, 0.25) is 0 Å². The Morgan fingerprint density at radius 2 is 1.92 bits per heavy atom. The number of aliphatic hydroxyl groups is 1. The van der Waals surface area contributed by atoms with Crippen molar-refractivity contribution in [1.82, 2.24) is 10.2 Å². The van der Waals surface area contributed by atoms with Gasteiger partial charge in [-0.1, -0.05) is 0 Å². The zero-order chi connectivity index (χ0) is 18.7. The lowest BCUT2D eigenvalue weighted by Crippen LogP contribution is -2.42. The van der Waals surface area contributed by atoms with Crippen LogP contribution in [0.15, 0.2) is 47.1 Å². The SMILES string of the molecule is COc1ccc(OCC(O)CN2C(=O)NC(C)(c3ccco3)C2=O)cc1. The molecule has 8 nitrogen and oxygen atoms in total. The Labute approximate surface area is 150 Å². The zero-order valence-electron chi connectivity index (χ0n) is 14.5. The van der Waals surface area contributed by atoms with Gasteiger partial charge in [-0.25, -0.2) is 4.79 Å². The first-order valence-electron chi connectivity index (χ1n) is 8.07. The molecule has 1 aliphatic rings. The number of benzene rings is 1. The van der Waals surface area contributed by atoms with E-state index in [1.54, 1.807) is 50.4 Å². The maximum atomic E-state index is 12.6. The average Bonchev–Trinajstić information content (AvgIpc) is 3.25. The second-order valence-corrected chi connectivity index (χ2v) is 6.09. The highest BCUT2D eigenvalue weighted by Crippen LogP contribution is 2.29. The highest BCUT2D eigenvalue weighted by Gasteiger charge is 2.51. The van der Waals surface area contributed by atoms with E-state index in [-0.39, 0.29) is 13.2 Å². The minimum Gasteiger partial charge on any atom is -0.497 e. The van der Waals surface area contributed by atoms with Gasteiger partial charge in [0, 0.05) is 0 Å². The fraction of sp³-hybridized carbons (Fsp3) is 0.333. The van der Waals surface area contributed by atoms with Crippen LogP contribution in [0.4, 0.5) is 4.79 Å². The number of urea groups is 1. The minimum absolute atomic E-state index is 0.0686. The molecule has 26 heavy (non-hydrogen) atoms. The number of carbonyl (C=O) groups excluding carboxylic acids is 2. The number of nitrogens with zero attached hydrogens (tertiary/aromatic N) is 1. The topological polar surface area (TPSA) is 101 Å². The van der Waals surface area contributed by atoms with Crippen LogP contribution in [0.1, 0.15) is 12.7 Å². The fourth-order valence-electron chi connectivity index (χ4n) is 2.72. The molecular weight excluding hydrogens is 340 g/mol. The third-order valence-corrected chi connectivity index (χ3v) is 4.18. The van der Waals surface area contributed by atoms with E-state index in [1.165, 1.54) is 6.26 Å². The molecular formula is C18H20N2O6. The van der Waals surface area contributed by atoms with Crippen molar-refractivity contribution >= 4 is 11.9 Å². The Balaban J connectivity index is 1.59. The number of methoxy groups -OCH3 is 1. The van der Waals surface area contributed by atoms with Crippen molar-refractivity contribution in [2.24, 2.45) is 0 Å². The second kappa shape index (κ2) is 7.09. The van der Waals surface area contributed by atoms with Gasteiger partial charge in [-0.3, -0.25) is 9.69 Å². The third-order valence-electron chi connectivity index (χ3n) is 4.18. The van der Waals surface area contributed by atoms with Crippen LogP contribution in [0.3, 0.4) is 0 Å². The standard InChI is InChI=1S/C18H20N2O6/c1-18(15-4-3-9-25-15)16(22)20(17(23)19-18)10-12(21)11-26-14-7-5-13(24-2)6-8-14/h3-9,12,21H,10-11H2,1-2H3,(H,19,23). The molecule has 2 atom stereocenters. The number of hydrogen-bond donors (Lipinski definition) is 2. The van der Waals surface area contributed by atoms with E-state index in [2.05, 4.69) is 5.32 Å². The number of β-amino-alcohol motifs (C(OH)–C–C–N with tert-alkyl or cyclic N) is 1. The number of rotatable bonds is 7. The number of furan rings is 1. The molecule has 0 radical (unpaired) electrons. The normalized spacial score (nSPS) is 20.8. The van der Waals surface area contributed by atoms with Crippen LogP contribution in [-0.4, -0.2) is 48.3 Å². The molecule has 2 aromatic rings. The summed E-state index contributed by atoms with van der Waals surface area (Å²) in [6, 6.07) is 9.53. The third kappa shape index (κ3) is 3.36. The zero-order valence-corrected chi connectivity index (χ0v) is 14.5. The number of imide groups is 1. The summed E-state index contributed by atoms with van der Waals surface area (Å²) in [5.74, 6) is 1.08. The minimum atomic E-state index is -1.28. The summed E-state index contributed by atoms with van der Waals surface area (Å²) in [6.45, 7) is 1.31. The lowest BCUT2D eigenvalue weighted by Gasteiger charge is -2.20. The van der Waals surface area contributed by atoms with Gasteiger partial charge < -0.3 is 24.3 Å². The Morgan fingerprint density at radius 1 is 1.23 bits per heavy atom. The summed E-state index contributed by atoms with van der Waals surface area (Å²) in [4.78, 5) is 25.8. The van der Waals surface area contributed by atoms with Gasteiger partial charge in [-0.05, 0) is 43.3 Å². The molecule has 2 unspecified atom stereocenters. The Kier molecular flexibility index (Phi) is 4.85. The van der Waals surface area contributed by atoms with E-state index in [0.717, 1.165) is 4.90 Å². The van der Waals surface area contributed by atoms with E-state index < -0.39 is 23.6 Å². The predicted octanol–water partition coefficient (Wildman–Crippen LogP) is 1.50. The molecule has 8 heteroatoms. The first kappa shape index (κ1) is 17.8. The lowest BCUT2D eigenvalue weighted by molar-refractivity contribution is -0.132. The number of carbonyl (C=O) groups is 2. The Hall–Kier alpha value is -3.00. The van der Waals surface area contributed by atoms with Gasteiger partial charge in [0.1, 0.15) is 30.0 Å². The quantitative estimate of drug-likeness (QED) is 0.726. The van der Waals surface area contributed by atoms with Crippen molar-refractivity contribution in [3.63, 3.8) is 0 Å². The van der Waals surface area contributed by atoms with Crippen LogP contribution in [0, 0.1) is 0 Å². The van der Waals surface area contributed by atoms with Crippen molar-refractivity contribution < 1.29 is 28.6 Å². The van der Waals surface area contributed by atoms with E-state index in [1.807, 2.05) is 0 Å². The maximum Gasteiger partial charge on any atom is 0.325 e. The molecule has 0 aliphatic carbocycles. The predicted molar refractivity (Wildman–Crippen MR) is 90.8 cm³/mol. The van der Waals surface area contributed by atoms with Gasteiger partial charge in [0.15, 0.2) is 5.54 Å². The second-order valence-electron chi connectivity index (χ2n) is 6.09. The monoisotopic (exact) mass is 360 g/mol. The van der Waals surface area contributed by atoms with E-state index >= 15 is 0 Å². The van der Waals surface area contributed by atoms with Crippen LogP contribution in [0.2, 0.25) is 0 Å². The van der Waals surface area contributed by atoms with Crippen LogP contribution >= 0.6 is 0 Å². The van der Waals surface area contributed by atoms with Crippen LogP contribution < -0.4 is 14.8 Å². The van der Waals surface area contributed by atoms with Crippen LogP contribution in [-0.2, 0) is 10.3 Å². The van der Waals surface area contributed by atoms with Gasteiger partial charge in [0.25, 0.3) is 5.91 Å². The molecule has 1 aromatic carbocycles. The molecule has 2 N–H and O–H groups in total. The Bertz CT molecular complexity index is 773. The summed E-state index contributed by atoms with van der Waals surface area (Å²) in [5, 5.41) is 12.8. The largest absolute Gasteiger partial charge is 0.497 e. The summed E-state index contributed by atoms with van der Waals surface area (Å²) in [7, 11) is 1.56. The van der Waals surface area contributed by atoms with E-state index in [4.69, 9.17) is 13.9 Å². The van der Waals surface area contributed by atoms with E-state index in [0.29, 0.717) is 17.3 Å². The Morgan fingerprint density at radius 3 is 2.54 bits per heavy atom. The lowest BCUT2D eigenvalue weighted by atomic mass is 9.99. The molecule has 3 amide bonds. The molecule has 0 saturated carbocycles. The number of aliphatic hydroxyl groups excluding tert-OH is 1. The number of hydrogen-bond acceptors (Lipinski definition) is 6. The maximum absolute atomic E-state index is 12.6. The smallest absolute Gasteiger partial charge is 0.325 e. The molecule has 0 spiro atoms. The molecule has 3 rings (SSSR count). The molecule has 2 heterocycles. The average molecular weight is 360 g/mol. The summed E-state index contributed by atoms with van der Waals surface area (Å²) < 4.78 is 15.8. The van der Waals surface area contributed by atoms with Gasteiger partial charge in [-0.15, -0.1) is 0 Å². The number of ether oxygens (including phenoxy) is 2. The van der Waals surface area contributed by atoms with Crippen molar-refractivity contribution in [3.8, 4) is 11.5 Å². The van der Waals surface area contributed by atoms with Gasteiger partial charge in [0.05, 0.1) is 19.9 Å². The molecule has 1 aromatic heterocycles. The molecule has 138 valence electrons. The number of amides is 3.